The Morgan fingerprint density at radius 3 is 2.56 bits per heavy atom. The maximum Gasteiger partial charge on any atom is 0.296 e. The van der Waals surface area contributed by atoms with Crippen molar-refractivity contribution in [2.75, 3.05) is 0 Å². The topological polar surface area (TPSA) is 70.2 Å². The Kier molecular flexibility index (Phi) is 2.19. The molecule has 0 aliphatic carbocycles. The molecule has 0 bridgehead atoms. The van der Waals surface area contributed by atoms with Crippen molar-refractivity contribution in [1.82, 2.24) is 4.98 Å². The Bertz CT molecular complexity index is 694. The van der Waals surface area contributed by atoms with Crippen LogP contribution in [-0.4, -0.2) is 10.1 Å². The molecule has 2 N–H and O–H groups in total. The van der Waals surface area contributed by atoms with Gasteiger partial charge in [-0.05, 0) is 12.1 Å². The number of H-pyrrole nitrogens is 1. The number of aromatic nitrogens is 1. The molecule has 0 aliphatic rings. The second-order valence-electron chi connectivity index (χ2n) is 3.13. The summed E-state index contributed by atoms with van der Waals surface area (Å²) in [5, 5.41) is 8.85. The molecule has 0 saturated heterocycles. The number of fused-ring (bicyclic) bond motifs is 1. The molecule has 0 amide bonds. The zero-order valence-corrected chi connectivity index (χ0v) is 7.75. The summed E-state index contributed by atoms with van der Waals surface area (Å²) < 4.78 is 26.2. The highest BCUT2D eigenvalue weighted by Crippen LogP contribution is 2.24. The van der Waals surface area contributed by atoms with Gasteiger partial charge in [-0.3, -0.25) is 9.59 Å². The highest BCUT2D eigenvalue weighted by Gasteiger charge is 2.11. The normalized spacial score (nSPS) is 10.6. The van der Waals surface area contributed by atoms with E-state index in [1.165, 1.54) is 0 Å². The average Bonchev–Trinajstić information content (AvgIpc) is 2.32. The summed E-state index contributed by atoms with van der Waals surface area (Å²) in [6.07, 6.45) is 0. The maximum absolute atomic E-state index is 13.3. The van der Waals surface area contributed by atoms with Crippen LogP contribution in [0.15, 0.2) is 27.8 Å². The van der Waals surface area contributed by atoms with Gasteiger partial charge in [-0.1, -0.05) is 0 Å². The first kappa shape index (κ1) is 10.3. The largest absolute Gasteiger partial charge is 0.507 e. The van der Waals surface area contributed by atoms with E-state index in [2.05, 4.69) is 4.98 Å². The van der Waals surface area contributed by atoms with Gasteiger partial charge in [-0.15, -0.1) is 0 Å². The zero-order valence-electron chi connectivity index (χ0n) is 7.75. The summed E-state index contributed by atoms with van der Waals surface area (Å²) in [7, 11) is 0. The van der Waals surface area contributed by atoms with E-state index in [0.717, 1.165) is 12.1 Å². The molecule has 0 saturated carbocycles. The number of aromatic hydroxyl groups is 1. The van der Waals surface area contributed by atoms with Crippen molar-refractivity contribution in [2.45, 2.75) is 0 Å². The number of aromatic amines is 1. The van der Waals surface area contributed by atoms with Crippen molar-refractivity contribution < 1.29 is 13.9 Å². The molecule has 0 radical (unpaired) electrons. The fraction of sp³-hybridized carbons (Fsp3) is 0. The Balaban J connectivity index is 3.17. The number of rotatable bonds is 0. The van der Waals surface area contributed by atoms with Gasteiger partial charge in [0.05, 0.1) is 10.9 Å². The summed E-state index contributed by atoms with van der Waals surface area (Å²) in [6, 6.07) is 2.40. The fourth-order valence-electron chi connectivity index (χ4n) is 1.35. The minimum atomic E-state index is -1.32. The Labute approximate surface area is 86.8 Å². The quantitative estimate of drug-likeness (QED) is 0.653. The van der Waals surface area contributed by atoms with E-state index < -0.39 is 33.8 Å². The summed E-state index contributed by atoms with van der Waals surface area (Å²) in [4.78, 5) is 24.2. The first-order valence-corrected chi connectivity index (χ1v) is 4.25. The summed E-state index contributed by atoms with van der Waals surface area (Å²) in [5.74, 6) is -3.28. The van der Waals surface area contributed by atoms with Crippen LogP contribution in [0.3, 0.4) is 0 Å². The van der Waals surface area contributed by atoms with E-state index in [9.17, 15) is 23.5 Å². The molecule has 1 aromatic heterocycles. The standard InChI is InChI=1S/C10H5F2NO3/c11-4-1-2-5-8(9(4)12)6(14)3-7(15)10(16)13-5/h1-3,14H,(H,13,15,16). The van der Waals surface area contributed by atoms with Crippen LogP contribution in [0.2, 0.25) is 0 Å². The van der Waals surface area contributed by atoms with Crippen LogP contribution in [0.4, 0.5) is 8.78 Å². The monoisotopic (exact) mass is 225 g/mol. The Morgan fingerprint density at radius 2 is 1.88 bits per heavy atom. The summed E-state index contributed by atoms with van der Waals surface area (Å²) in [5.41, 5.74) is -2.20. The molecule has 1 heterocycles. The molecular formula is C10H5F2NO3. The molecule has 2 rings (SSSR count). The van der Waals surface area contributed by atoms with Gasteiger partial charge >= 0.3 is 0 Å². The van der Waals surface area contributed by atoms with Crippen LogP contribution in [-0.2, 0) is 0 Å². The second kappa shape index (κ2) is 3.41. The fourth-order valence-corrected chi connectivity index (χ4v) is 1.35. The van der Waals surface area contributed by atoms with Crippen molar-refractivity contribution in [3.05, 3.63) is 50.4 Å². The van der Waals surface area contributed by atoms with Crippen LogP contribution >= 0.6 is 0 Å². The number of benzene rings is 1. The molecule has 0 fully saturated rings. The van der Waals surface area contributed by atoms with Crippen molar-refractivity contribution in [3.63, 3.8) is 0 Å². The highest BCUT2D eigenvalue weighted by molar-refractivity contribution is 5.84. The number of hydrogen-bond acceptors (Lipinski definition) is 3. The molecule has 16 heavy (non-hydrogen) atoms. The number of nitrogens with one attached hydrogen (secondary N) is 1. The van der Waals surface area contributed by atoms with E-state index in [1.54, 1.807) is 0 Å². The van der Waals surface area contributed by atoms with E-state index >= 15 is 0 Å². The number of hydrogen-bond donors (Lipinski definition) is 2. The molecule has 1 aromatic carbocycles. The van der Waals surface area contributed by atoms with E-state index in [1.807, 2.05) is 0 Å². The van der Waals surface area contributed by atoms with Crippen molar-refractivity contribution in [1.29, 1.82) is 0 Å². The minimum absolute atomic E-state index is 0.150. The van der Waals surface area contributed by atoms with Gasteiger partial charge in [0.15, 0.2) is 11.6 Å². The molecule has 0 spiro atoms. The minimum Gasteiger partial charge on any atom is -0.507 e. The van der Waals surface area contributed by atoms with Crippen LogP contribution in [0.1, 0.15) is 0 Å². The van der Waals surface area contributed by atoms with Gasteiger partial charge in [0.2, 0.25) is 5.43 Å². The molecule has 4 nitrogen and oxygen atoms in total. The molecule has 0 atom stereocenters. The van der Waals surface area contributed by atoms with Gasteiger partial charge in [-0.25, -0.2) is 8.78 Å². The maximum atomic E-state index is 13.3. The highest BCUT2D eigenvalue weighted by atomic mass is 19.2. The molecule has 82 valence electrons. The first-order chi connectivity index (χ1) is 7.50. The predicted molar refractivity (Wildman–Crippen MR) is 52.4 cm³/mol. The Hall–Kier alpha value is -2.24. The zero-order chi connectivity index (χ0) is 11.9. The number of halogens is 2. The van der Waals surface area contributed by atoms with Crippen LogP contribution in [0.5, 0.6) is 5.75 Å². The van der Waals surface area contributed by atoms with Gasteiger partial charge in [0, 0.05) is 6.07 Å². The molecular weight excluding hydrogens is 220 g/mol. The van der Waals surface area contributed by atoms with Gasteiger partial charge in [-0.2, -0.15) is 0 Å². The van der Waals surface area contributed by atoms with E-state index in [4.69, 9.17) is 0 Å². The Morgan fingerprint density at radius 1 is 1.19 bits per heavy atom. The molecule has 0 unspecified atom stereocenters. The average molecular weight is 225 g/mol. The predicted octanol–water partition coefficient (Wildman–Crippen LogP) is 0.872. The summed E-state index contributed by atoms with van der Waals surface area (Å²) >= 11 is 0. The molecule has 6 heteroatoms. The third-order valence-corrected chi connectivity index (χ3v) is 2.09. The first-order valence-electron chi connectivity index (χ1n) is 4.25. The van der Waals surface area contributed by atoms with E-state index in [0.29, 0.717) is 6.07 Å². The lowest BCUT2D eigenvalue weighted by Gasteiger charge is -1.98. The van der Waals surface area contributed by atoms with Gasteiger partial charge in [0.25, 0.3) is 5.56 Å². The third-order valence-electron chi connectivity index (χ3n) is 2.09. The lowest BCUT2D eigenvalue weighted by molar-refractivity contribution is 0.472. The van der Waals surface area contributed by atoms with E-state index in [-0.39, 0.29) is 5.52 Å². The van der Waals surface area contributed by atoms with Crippen LogP contribution < -0.4 is 11.0 Å². The van der Waals surface area contributed by atoms with Gasteiger partial charge in [0.1, 0.15) is 5.75 Å². The molecule has 0 aliphatic heterocycles. The molecule has 2 aromatic rings. The van der Waals surface area contributed by atoms with Crippen molar-refractivity contribution in [3.8, 4) is 5.75 Å². The van der Waals surface area contributed by atoms with Crippen LogP contribution in [0, 0.1) is 11.6 Å². The lowest BCUT2D eigenvalue weighted by Crippen LogP contribution is -2.22. The summed E-state index contributed by atoms with van der Waals surface area (Å²) in [6.45, 7) is 0. The smallest absolute Gasteiger partial charge is 0.296 e. The lowest BCUT2D eigenvalue weighted by atomic mass is 10.2. The van der Waals surface area contributed by atoms with Crippen molar-refractivity contribution >= 4 is 10.9 Å². The van der Waals surface area contributed by atoms with Gasteiger partial charge < -0.3 is 10.1 Å². The second-order valence-corrected chi connectivity index (χ2v) is 3.13. The van der Waals surface area contributed by atoms with Crippen molar-refractivity contribution in [2.24, 2.45) is 0 Å². The van der Waals surface area contributed by atoms with Crippen LogP contribution in [0.25, 0.3) is 10.9 Å². The SMILES string of the molecule is O=c1cc(O)c2c(F)c(F)ccc2[nH]c1=O. The third kappa shape index (κ3) is 1.44.